The summed E-state index contributed by atoms with van der Waals surface area (Å²) in [6.07, 6.45) is 1.94. The third-order valence-electron chi connectivity index (χ3n) is 2.62. The first-order valence-electron chi connectivity index (χ1n) is 5.59. The van der Waals surface area contributed by atoms with Crippen LogP contribution in [0.25, 0.3) is 0 Å². The van der Waals surface area contributed by atoms with Crippen LogP contribution in [0.1, 0.15) is 39.0 Å². The van der Waals surface area contributed by atoms with Crippen molar-refractivity contribution in [2.45, 2.75) is 39.3 Å². The number of furan rings is 1. The van der Waals surface area contributed by atoms with Crippen LogP contribution in [0.3, 0.4) is 0 Å². The third-order valence-corrected chi connectivity index (χ3v) is 2.62. The number of carbonyl (C=O) groups excluding carboxylic acids is 1. The minimum absolute atomic E-state index is 0.0369. The Hall–Kier alpha value is -1.29. The van der Waals surface area contributed by atoms with Crippen LogP contribution < -0.4 is 11.1 Å². The highest BCUT2D eigenvalue weighted by Crippen LogP contribution is 2.12. The number of nitrogens with two attached hydrogens (primary N) is 1. The first-order chi connectivity index (χ1) is 7.50. The third kappa shape index (κ3) is 3.70. The van der Waals surface area contributed by atoms with Gasteiger partial charge in [0.15, 0.2) is 0 Å². The first kappa shape index (κ1) is 12.8. The molecular formula is C12H20N2O2. The van der Waals surface area contributed by atoms with Crippen LogP contribution in [-0.4, -0.2) is 11.9 Å². The zero-order valence-corrected chi connectivity index (χ0v) is 10.1. The SMILES string of the molecule is CC(C)C(N)CC(=O)N[C@H](C)c1ccco1. The number of hydrogen-bond acceptors (Lipinski definition) is 3. The van der Waals surface area contributed by atoms with Crippen molar-refractivity contribution in [3.8, 4) is 0 Å². The van der Waals surface area contributed by atoms with Crippen LogP contribution in [-0.2, 0) is 4.79 Å². The number of nitrogens with one attached hydrogen (secondary N) is 1. The van der Waals surface area contributed by atoms with Crippen molar-refractivity contribution >= 4 is 5.91 Å². The number of amides is 1. The summed E-state index contributed by atoms with van der Waals surface area (Å²) < 4.78 is 5.20. The average Bonchev–Trinajstić information content (AvgIpc) is 2.69. The summed E-state index contributed by atoms with van der Waals surface area (Å²) in [6.45, 7) is 5.90. The molecule has 0 fully saturated rings. The second-order valence-corrected chi connectivity index (χ2v) is 4.42. The standard InChI is InChI=1S/C12H20N2O2/c1-8(2)10(13)7-12(15)14-9(3)11-5-4-6-16-11/h4-6,8-10H,7,13H2,1-3H3,(H,14,15)/t9-,10?/m1/s1. The van der Waals surface area contributed by atoms with Gasteiger partial charge >= 0.3 is 0 Å². The maximum atomic E-state index is 11.6. The highest BCUT2D eigenvalue weighted by atomic mass is 16.3. The molecule has 0 aromatic carbocycles. The van der Waals surface area contributed by atoms with E-state index in [0.717, 1.165) is 5.76 Å². The molecule has 1 heterocycles. The van der Waals surface area contributed by atoms with Gasteiger partial charge in [0, 0.05) is 12.5 Å². The molecular weight excluding hydrogens is 204 g/mol. The molecule has 0 aliphatic rings. The number of rotatable bonds is 5. The van der Waals surface area contributed by atoms with Crippen LogP contribution in [0.4, 0.5) is 0 Å². The van der Waals surface area contributed by atoms with E-state index in [1.807, 2.05) is 26.8 Å². The molecule has 2 atom stereocenters. The van der Waals surface area contributed by atoms with Crippen LogP contribution in [0.2, 0.25) is 0 Å². The van der Waals surface area contributed by atoms with Gasteiger partial charge in [0.05, 0.1) is 12.3 Å². The van der Waals surface area contributed by atoms with Crippen LogP contribution in [0.15, 0.2) is 22.8 Å². The first-order valence-corrected chi connectivity index (χ1v) is 5.59. The molecule has 0 bridgehead atoms. The summed E-state index contributed by atoms with van der Waals surface area (Å²) in [7, 11) is 0. The Morgan fingerprint density at radius 1 is 1.50 bits per heavy atom. The molecule has 90 valence electrons. The van der Waals surface area contributed by atoms with Gasteiger partial charge in [0.1, 0.15) is 5.76 Å². The minimum Gasteiger partial charge on any atom is -0.467 e. The second-order valence-electron chi connectivity index (χ2n) is 4.42. The van der Waals surface area contributed by atoms with Gasteiger partial charge in [-0.25, -0.2) is 0 Å². The van der Waals surface area contributed by atoms with Crippen molar-refractivity contribution in [3.63, 3.8) is 0 Å². The van der Waals surface area contributed by atoms with Crippen molar-refractivity contribution in [1.82, 2.24) is 5.32 Å². The lowest BCUT2D eigenvalue weighted by Crippen LogP contribution is -2.35. The molecule has 3 N–H and O–H groups in total. The number of hydrogen-bond donors (Lipinski definition) is 2. The smallest absolute Gasteiger partial charge is 0.222 e. The summed E-state index contributed by atoms with van der Waals surface area (Å²) in [5.41, 5.74) is 5.83. The van der Waals surface area contributed by atoms with Crippen molar-refractivity contribution in [3.05, 3.63) is 24.2 Å². The molecule has 0 spiro atoms. The molecule has 0 aliphatic heterocycles. The fourth-order valence-electron chi connectivity index (χ4n) is 1.36. The zero-order valence-electron chi connectivity index (χ0n) is 10.1. The van der Waals surface area contributed by atoms with Crippen molar-refractivity contribution in [1.29, 1.82) is 0 Å². The van der Waals surface area contributed by atoms with Crippen LogP contribution in [0.5, 0.6) is 0 Å². The van der Waals surface area contributed by atoms with E-state index >= 15 is 0 Å². The normalized spacial score (nSPS) is 14.8. The molecule has 0 aliphatic carbocycles. The van der Waals surface area contributed by atoms with Crippen LogP contribution in [0, 0.1) is 5.92 Å². The topological polar surface area (TPSA) is 68.3 Å². The van der Waals surface area contributed by atoms with Crippen molar-refractivity contribution < 1.29 is 9.21 Å². The van der Waals surface area contributed by atoms with Crippen molar-refractivity contribution in [2.75, 3.05) is 0 Å². The molecule has 4 nitrogen and oxygen atoms in total. The van der Waals surface area contributed by atoms with E-state index in [4.69, 9.17) is 10.2 Å². The highest BCUT2D eigenvalue weighted by molar-refractivity contribution is 5.76. The van der Waals surface area contributed by atoms with Gasteiger partial charge in [-0.3, -0.25) is 4.79 Å². The van der Waals surface area contributed by atoms with Crippen LogP contribution >= 0.6 is 0 Å². The van der Waals surface area contributed by atoms with Gasteiger partial charge in [-0.2, -0.15) is 0 Å². The van der Waals surface area contributed by atoms with E-state index in [1.54, 1.807) is 12.3 Å². The Morgan fingerprint density at radius 2 is 2.19 bits per heavy atom. The second kappa shape index (κ2) is 5.70. The predicted octanol–water partition coefficient (Wildman–Crippen LogP) is 1.83. The lowest BCUT2D eigenvalue weighted by atomic mass is 10.0. The van der Waals surface area contributed by atoms with Gasteiger partial charge in [0.2, 0.25) is 5.91 Å². The summed E-state index contributed by atoms with van der Waals surface area (Å²) >= 11 is 0. The average molecular weight is 224 g/mol. The van der Waals surface area contributed by atoms with E-state index in [0.29, 0.717) is 12.3 Å². The Bertz CT molecular complexity index is 320. The van der Waals surface area contributed by atoms with Gasteiger partial charge in [-0.15, -0.1) is 0 Å². The van der Waals surface area contributed by atoms with E-state index in [1.165, 1.54) is 0 Å². The summed E-state index contributed by atoms with van der Waals surface area (Å²) in [5.74, 6) is 1.03. The molecule has 1 aromatic heterocycles. The summed E-state index contributed by atoms with van der Waals surface area (Å²) in [6, 6.07) is 3.44. The molecule has 16 heavy (non-hydrogen) atoms. The summed E-state index contributed by atoms with van der Waals surface area (Å²) in [5, 5.41) is 2.86. The molecule has 1 unspecified atom stereocenters. The maximum absolute atomic E-state index is 11.6. The van der Waals surface area contributed by atoms with E-state index < -0.39 is 0 Å². The van der Waals surface area contributed by atoms with Gasteiger partial charge in [-0.1, -0.05) is 13.8 Å². The predicted molar refractivity (Wildman–Crippen MR) is 62.7 cm³/mol. The molecule has 4 heteroatoms. The molecule has 0 saturated heterocycles. The molecule has 0 radical (unpaired) electrons. The van der Waals surface area contributed by atoms with E-state index in [-0.39, 0.29) is 18.0 Å². The number of carbonyl (C=O) groups is 1. The van der Waals surface area contributed by atoms with Gasteiger partial charge < -0.3 is 15.5 Å². The molecule has 1 rings (SSSR count). The molecule has 0 saturated carbocycles. The van der Waals surface area contributed by atoms with Crippen molar-refractivity contribution in [2.24, 2.45) is 11.7 Å². The molecule has 1 amide bonds. The highest BCUT2D eigenvalue weighted by Gasteiger charge is 2.16. The Kier molecular flexibility index (Phi) is 4.55. The zero-order chi connectivity index (χ0) is 12.1. The fraction of sp³-hybridized carbons (Fsp3) is 0.583. The monoisotopic (exact) mass is 224 g/mol. The lowest BCUT2D eigenvalue weighted by molar-refractivity contribution is -0.122. The largest absolute Gasteiger partial charge is 0.467 e. The Morgan fingerprint density at radius 3 is 2.69 bits per heavy atom. The Labute approximate surface area is 96.2 Å². The van der Waals surface area contributed by atoms with E-state index in [2.05, 4.69) is 5.32 Å². The minimum atomic E-state index is -0.109. The fourth-order valence-corrected chi connectivity index (χ4v) is 1.36. The van der Waals surface area contributed by atoms with Gasteiger partial charge in [-0.05, 0) is 25.0 Å². The van der Waals surface area contributed by atoms with E-state index in [9.17, 15) is 4.79 Å². The lowest BCUT2D eigenvalue weighted by Gasteiger charge is -2.17. The maximum Gasteiger partial charge on any atom is 0.222 e. The molecule has 1 aromatic rings. The van der Waals surface area contributed by atoms with Gasteiger partial charge in [0.25, 0.3) is 0 Å². The Balaban J connectivity index is 2.40. The summed E-state index contributed by atoms with van der Waals surface area (Å²) in [4.78, 5) is 11.6. The quantitative estimate of drug-likeness (QED) is 0.801.